The van der Waals surface area contributed by atoms with Crippen LogP contribution in [0.3, 0.4) is 0 Å². The quantitative estimate of drug-likeness (QED) is 0.780. The zero-order valence-corrected chi connectivity index (χ0v) is 10.5. The molecule has 0 aromatic rings. The zero-order valence-electron chi connectivity index (χ0n) is 10.5. The second kappa shape index (κ2) is 4.25. The van der Waals surface area contributed by atoms with Gasteiger partial charge >= 0.3 is 5.97 Å². The third kappa shape index (κ3) is 1.78. The predicted molar refractivity (Wildman–Crippen MR) is 64.9 cm³/mol. The van der Waals surface area contributed by atoms with Crippen LogP contribution in [0.25, 0.3) is 0 Å². The number of carbonyl (C=O) groups is 1. The van der Waals surface area contributed by atoms with Crippen molar-refractivity contribution in [3.8, 4) is 0 Å². The van der Waals surface area contributed by atoms with Crippen molar-refractivity contribution in [2.24, 2.45) is 5.92 Å². The van der Waals surface area contributed by atoms with E-state index in [0.717, 1.165) is 13.0 Å². The fourth-order valence-corrected chi connectivity index (χ4v) is 4.18. The first-order chi connectivity index (χ1) is 8.18. The summed E-state index contributed by atoms with van der Waals surface area (Å²) >= 11 is 0. The van der Waals surface area contributed by atoms with Crippen LogP contribution in [0.15, 0.2) is 0 Å². The number of fused-ring (bicyclic) bond motifs is 1. The lowest BCUT2D eigenvalue weighted by Crippen LogP contribution is -2.49. The lowest BCUT2D eigenvalue weighted by Gasteiger charge is -2.33. The van der Waals surface area contributed by atoms with Crippen molar-refractivity contribution in [1.82, 2.24) is 9.80 Å². The van der Waals surface area contributed by atoms with E-state index in [9.17, 15) is 9.90 Å². The van der Waals surface area contributed by atoms with Crippen molar-refractivity contribution in [3.05, 3.63) is 0 Å². The molecule has 96 valence electrons. The molecular weight excluding hydrogens is 216 g/mol. The molecule has 3 heterocycles. The third-order valence-electron chi connectivity index (χ3n) is 4.99. The second-order valence-electron chi connectivity index (χ2n) is 5.89. The van der Waals surface area contributed by atoms with Crippen LogP contribution in [-0.4, -0.2) is 58.6 Å². The molecule has 0 aromatic heterocycles. The topological polar surface area (TPSA) is 43.8 Å². The van der Waals surface area contributed by atoms with E-state index in [1.165, 1.54) is 32.4 Å². The van der Waals surface area contributed by atoms with Crippen LogP contribution in [0.2, 0.25) is 0 Å². The molecule has 0 saturated carbocycles. The summed E-state index contributed by atoms with van der Waals surface area (Å²) in [7, 11) is 0. The summed E-state index contributed by atoms with van der Waals surface area (Å²) in [5.41, 5.74) is 0. The highest BCUT2D eigenvalue weighted by Gasteiger charge is 2.47. The smallest absolute Gasteiger partial charge is 0.321 e. The normalized spacial score (nSPS) is 43.1. The van der Waals surface area contributed by atoms with Crippen LogP contribution >= 0.6 is 0 Å². The number of carboxylic acids is 1. The van der Waals surface area contributed by atoms with Gasteiger partial charge in [-0.3, -0.25) is 14.6 Å². The SMILES string of the molecule is CC1CCN(C2CCN3CCCC23)C1C(=O)O. The summed E-state index contributed by atoms with van der Waals surface area (Å²) in [4.78, 5) is 16.3. The fraction of sp³-hybridized carbons (Fsp3) is 0.923. The van der Waals surface area contributed by atoms with Gasteiger partial charge < -0.3 is 5.11 Å². The molecule has 4 unspecified atom stereocenters. The predicted octanol–water partition coefficient (Wildman–Crippen LogP) is 1.02. The highest BCUT2D eigenvalue weighted by molar-refractivity contribution is 5.74. The number of hydrogen-bond acceptors (Lipinski definition) is 3. The molecule has 3 rings (SSSR count). The molecule has 0 amide bonds. The second-order valence-corrected chi connectivity index (χ2v) is 5.89. The van der Waals surface area contributed by atoms with Crippen molar-refractivity contribution in [2.45, 2.75) is 50.7 Å². The van der Waals surface area contributed by atoms with Crippen LogP contribution in [0, 0.1) is 5.92 Å². The van der Waals surface area contributed by atoms with Gasteiger partial charge in [0.15, 0.2) is 0 Å². The van der Waals surface area contributed by atoms with Gasteiger partial charge in [-0.05, 0) is 44.7 Å². The van der Waals surface area contributed by atoms with Gasteiger partial charge in [-0.15, -0.1) is 0 Å². The van der Waals surface area contributed by atoms with Gasteiger partial charge in [0.1, 0.15) is 6.04 Å². The average molecular weight is 238 g/mol. The van der Waals surface area contributed by atoms with Gasteiger partial charge in [-0.1, -0.05) is 6.92 Å². The van der Waals surface area contributed by atoms with E-state index in [0.29, 0.717) is 18.0 Å². The number of nitrogens with zero attached hydrogens (tertiary/aromatic N) is 2. The van der Waals surface area contributed by atoms with Gasteiger partial charge in [0.2, 0.25) is 0 Å². The van der Waals surface area contributed by atoms with E-state index in [1.807, 2.05) is 0 Å². The number of hydrogen-bond donors (Lipinski definition) is 1. The van der Waals surface area contributed by atoms with E-state index in [1.54, 1.807) is 0 Å². The molecule has 4 nitrogen and oxygen atoms in total. The molecule has 0 aliphatic carbocycles. The first kappa shape index (κ1) is 11.5. The first-order valence-corrected chi connectivity index (χ1v) is 6.91. The van der Waals surface area contributed by atoms with E-state index in [4.69, 9.17) is 0 Å². The first-order valence-electron chi connectivity index (χ1n) is 6.91. The third-order valence-corrected chi connectivity index (χ3v) is 4.99. The molecule has 1 N–H and O–H groups in total. The molecule has 4 atom stereocenters. The largest absolute Gasteiger partial charge is 0.480 e. The summed E-state index contributed by atoms with van der Waals surface area (Å²) in [6.07, 6.45) is 4.77. The zero-order chi connectivity index (χ0) is 12.0. The van der Waals surface area contributed by atoms with Crippen molar-refractivity contribution in [3.63, 3.8) is 0 Å². The number of carboxylic acid groups (broad SMARTS) is 1. The minimum atomic E-state index is -0.619. The van der Waals surface area contributed by atoms with Gasteiger partial charge in [-0.2, -0.15) is 0 Å². The molecule has 0 radical (unpaired) electrons. The standard InChI is InChI=1S/C13H22N2O2/c1-9-4-8-15(12(9)13(16)17)11-5-7-14-6-2-3-10(11)14/h9-12H,2-8H2,1H3,(H,16,17). The Hall–Kier alpha value is -0.610. The van der Waals surface area contributed by atoms with E-state index < -0.39 is 5.97 Å². The molecule has 0 bridgehead atoms. The average Bonchev–Trinajstić information content (AvgIpc) is 2.90. The summed E-state index contributed by atoms with van der Waals surface area (Å²) in [6.45, 7) is 5.46. The number of aliphatic carboxylic acids is 1. The van der Waals surface area contributed by atoms with E-state index in [2.05, 4.69) is 16.7 Å². The van der Waals surface area contributed by atoms with Crippen molar-refractivity contribution < 1.29 is 9.90 Å². The van der Waals surface area contributed by atoms with Crippen LogP contribution in [0.5, 0.6) is 0 Å². The Labute approximate surface area is 103 Å². The van der Waals surface area contributed by atoms with Crippen molar-refractivity contribution in [1.29, 1.82) is 0 Å². The fourth-order valence-electron chi connectivity index (χ4n) is 4.18. The maximum Gasteiger partial charge on any atom is 0.321 e. The van der Waals surface area contributed by atoms with Crippen molar-refractivity contribution >= 4 is 5.97 Å². The van der Waals surface area contributed by atoms with Crippen LogP contribution in [-0.2, 0) is 4.79 Å². The molecule has 0 aromatic carbocycles. The Morgan fingerprint density at radius 2 is 1.94 bits per heavy atom. The number of rotatable bonds is 2. The monoisotopic (exact) mass is 238 g/mol. The number of likely N-dealkylation sites (tertiary alicyclic amines) is 1. The van der Waals surface area contributed by atoms with Crippen LogP contribution in [0.1, 0.15) is 32.6 Å². The maximum absolute atomic E-state index is 11.4. The summed E-state index contributed by atoms with van der Waals surface area (Å²) in [6, 6.07) is 0.909. The van der Waals surface area contributed by atoms with E-state index in [-0.39, 0.29) is 6.04 Å². The molecular formula is C13H22N2O2. The molecule has 17 heavy (non-hydrogen) atoms. The maximum atomic E-state index is 11.4. The lowest BCUT2D eigenvalue weighted by molar-refractivity contribution is -0.144. The Morgan fingerprint density at radius 1 is 1.12 bits per heavy atom. The Morgan fingerprint density at radius 3 is 2.71 bits per heavy atom. The molecule has 0 spiro atoms. The van der Waals surface area contributed by atoms with Crippen LogP contribution < -0.4 is 0 Å². The van der Waals surface area contributed by atoms with Gasteiger partial charge in [0.25, 0.3) is 0 Å². The molecule has 3 aliphatic heterocycles. The summed E-state index contributed by atoms with van der Waals surface area (Å²) in [5, 5.41) is 9.40. The van der Waals surface area contributed by atoms with Gasteiger partial charge in [-0.25, -0.2) is 0 Å². The minimum absolute atomic E-state index is 0.236. The molecule has 3 saturated heterocycles. The molecule has 4 heteroatoms. The lowest BCUT2D eigenvalue weighted by atomic mass is 10.00. The Balaban J connectivity index is 1.77. The van der Waals surface area contributed by atoms with Gasteiger partial charge in [0.05, 0.1) is 0 Å². The van der Waals surface area contributed by atoms with Crippen LogP contribution in [0.4, 0.5) is 0 Å². The highest BCUT2D eigenvalue weighted by Crippen LogP contribution is 2.36. The summed E-state index contributed by atoms with van der Waals surface area (Å²) in [5.74, 6) is -0.311. The Kier molecular flexibility index (Phi) is 2.87. The summed E-state index contributed by atoms with van der Waals surface area (Å²) < 4.78 is 0. The minimum Gasteiger partial charge on any atom is -0.480 e. The highest BCUT2D eigenvalue weighted by atomic mass is 16.4. The molecule has 3 aliphatic rings. The molecule has 3 fully saturated rings. The Bertz CT molecular complexity index is 321. The van der Waals surface area contributed by atoms with E-state index >= 15 is 0 Å². The van der Waals surface area contributed by atoms with Gasteiger partial charge in [0, 0.05) is 18.6 Å². The van der Waals surface area contributed by atoms with Crippen molar-refractivity contribution in [2.75, 3.05) is 19.6 Å².